The number of halogens is 3. The van der Waals surface area contributed by atoms with Crippen LogP contribution >= 0.6 is 0 Å². The van der Waals surface area contributed by atoms with E-state index in [0.717, 1.165) is 22.6 Å². The molecule has 0 radical (unpaired) electrons. The summed E-state index contributed by atoms with van der Waals surface area (Å²) in [7, 11) is 0. The van der Waals surface area contributed by atoms with Crippen LogP contribution in [-0.2, 0) is 12.6 Å². The molecule has 8 heteroatoms. The van der Waals surface area contributed by atoms with Gasteiger partial charge in [-0.25, -0.2) is 14.6 Å². The van der Waals surface area contributed by atoms with Crippen LogP contribution in [-0.4, -0.2) is 25.5 Å². The molecule has 0 atom stereocenters. The second kappa shape index (κ2) is 6.23. The van der Waals surface area contributed by atoms with Crippen molar-refractivity contribution in [3.05, 3.63) is 71.7 Å². The van der Waals surface area contributed by atoms with Crippen molar-refractivity contribution in [3.8, 4) is 17.1 Å². The summed E-state index contributed by atoms with van der Waals surface area (Å²) in [5, 5.41) is 4.96. The minimum absolute atomic E-state index is 0.0288. The lowest BCUT2D eigenvalue weighted by Gasteiger charge is -2.09. The van der Waals surface area contributed by atoms with Gasteiger partial charge in [0, 0.05) is 17.4 Å². The summed E-state index contributed by atoms with van der Waals surface area (Å²) in [5.41, 5.74) is 2.43. The molecule has 0 unspecified atom stereocenters. The lowest BCUT2D eigenvalue weighted by molar-refractivity contribution is -0.141. The average molecular weight is 394 g/mol. The average Bonchev–Trinajstić information content (AvgIpc) is 3.30. The van der Waals surface area contributed by atoms with Crippen LogP contribution in [0.1, 0.15) is 28.2 Å². The van der Waals surface area contributed by atoms with Crippen molar-refractivity contribution in [1.82, 2.24) is 19.7 Å². The third-order valence-electron chi connectivity index (χ3n) is 4.97. The molecule has 144 valence electrons. The zero-order valence-corrected chi connectivity index (χ0v) is 14.9. The van der Waals surface area contributed by atoms with E-state index in [9.17, 15) is 18.0 Å². The fraction of sp³-hybridized carbons (Fsp3) is 0.143. The lowest BCUT2D eigenvalue weighted by atomic mass is 10.1. The Bertz CT molecular complexity index is 1280. The number of alkyl halides is 3. The molecule has 1 aliphatic carbocycles. The first kappa shape index (κ1) is 17.5. The Morgan fingerprint density at radius 1 is 0.966 bits per heavy atom. The van der Waals surface area contributed by atoms with Crippen LogP contribution in [0, 0.1) is 0 Å². The summed E-state index contributed by atoms with van der Waals surface area (Å²) < 4.78 is 40.4. The van der Waals surface area contributed by atoms with Gasteiger partial charge in [-0.3, -0.25) is 4.79 Å². The molecular formula is C21H13F3N4O. The van der Waals surface area contributed by atoms with Gasteiger partial charge in [-0.1, -0.05) is 24.3 Å². The number of nitrogens with zero attached hydrogens (tertiary/aromatic N) is 4. The molecule has 3 aromatic heterocycles. The van der Waals surface area contributed by atoms with Crippen molar-refractivity contribution in [2.75, 3.05) is 0 Å². The Morgan fingerprint density at radius 2 is 1.83 bits per heavy atom. The highest BCUT2D eigenvalue weighted by Crippen LogP contribution is 2.30. The van der Waals surface area contributed by atoms with Gasteiger partial charge in [0.15, 0.2) is 11.6 Å². The lowest BCUT2D eigenvalue weighted by Crippen LogP contribution is -2.10. The zero-order chi connectivity index (χ0) is 20.2. The number of ketones is 1. The summed E-state index contributed by atoms with van der Waals surface area (Å²) in [4.78, 5) is 20.2. The first-order valence-corrected chi connectivity index (χ1v) is 8.96. The number of fused-ring (bicyclic) bond motifs is 2. The van der Waals surface area contributed by atoms with Gasteiger partial charge in [-0.2, -0.15) is 18.3 Å². The molecule has 1 aliphatic rings. The van der Waals surface area contributed by atoms with Gasteiger partial charge in [0.05, 0.1) is 17.4 Å². The smallest absolute Gasteiger partial charge is 0.292 e. The minimum Gasteiger partial charge on any atom is -0.292 e. The van der Waals surface area contributed by atoms with Gasteiger partial charge < -0.3 is 0 Å². The van der Waals surface area contributed by atoms with Gasteiger partial charge in [0.25, 0.3) is 0 Å². The van der Waals surface area contributed by atoms with Gasteiger partial charge >= 0.3 is 6.18 Å². The number of hydrogen-bond acceptors (Lipinski definition) is 4. The Morgan fingerprint density at radius 3 is 2.66 bits per heavy atom. The summed E-state index contributed by atoms with van der Waals surface area (Å²) in [6.07, 6.45) is -1.79. The first-order chi connectivity index (χ1) is 13.9. The molecule has 5 rings (SSSR count). The molecule has 0 amide bonds. The summed E-state index contributed by atoms with van der Waals surface area (Å²) in [6, 6.07) is 12.9. The number of rotatable bonds is 2. The van der Waals surface area contributed by atoms with Gasteiger partial charge in [-0.05, 0) is 36.2 Å². The Balaban J connectivity index is 1.62. The number of benzene rings is 1. The molecular weight excluding hydrogens is 381 g/mol. The van der Waals surface area contributed by atoms with Crippen molar-refractivity contribution in [2.24, 2.45) is 0 Å². The highest BCUT2D eigenvalue weighted by atomic mass is 19.4. The highest BCUT2D eigenvalue weighted by molar-refractivity contribution is 5.99. The minimum atomic E-state index is -4.54. The van der Waals surface area contributed by atoms with Crippen molar-refractivity contribution in [1.29, 1.82) is 0 Å². The maximum absolute atomic E-state index is 13.0. The van der Waals surface area contributed by atoms with E-state index >= 15 is 0 Å². The molecule has 4 aromatic rings. The van der Waals surface area contributed by atoms with Crippen LogP contribution in [0.4, 0.5) is 13.2 Å². The largest absolute Gasteiger partial charge is 0.433 e. The predicted octanol–water partition coefficient (Wildman–Crippen LogP) is 4.63. The van der Waals surface area contributed by atoms with E-state index in [1.807, 2.05) is 24.3 Å². The van der Waals surface area contributed by atoms with E-state index in [2.05, 4.69) is 15.1 Å². The van der Waals surface area contributed by atoms with Gasteiger partial charge in [0.2, 0.25) is 0 Å². The molecule has 0 fully saturated rings. The summed E-state index contributed by atoms with van der Waals surface area (Å²) >= 11 is 0. The number of aryl methyl sites for hydroxylation is 1. The zero-order valence-electron chi connectivity index (χ0n) is 14.9. The molecule has 5 nitrogen and oxygen atoms in total. The SMILES string of the molecule is O=C1CCc2ccc(-c3ccc4cnn(-c5cccc(C(F)(F)F)n5)c4c3)nc21. The quantitative estimate of drug-likeness (QED) is 0.497. The van der Waals surface area contributed by atoms with E-state index in [-0.39, 0.29) is 11.6 Å². The van der Waals surface area contributed by atoms with Crippen molar-refractivity contribution < 1.29 is 18.0 Å². The number of carbonyl (C=O) groups excluding carboxylic acids is 1. The second-order valence-electron chi connectivity index (χ2n) is 6.84. The maximum Gasteiger partial charge on any atom is 0.433 e. The number of Topliss-reactive ketones (excluding diaryl/α,β-unsaturated/α-hetero) is 1. The monoisotopic (exact) mass is 394 g/mol. The van der Waals surface area contributed by atoms with Crippen molar-refractivity contribution >= 4 is 16.7 Å². The maximum atomic E-state index is 13.0. The highest BCUT2D eigenvalue weighted by Gasteiger charge is 2.32. The van der Waals surface area contributed by atoms with E-state index < -0.39 is 11.9 Å². The molecule has 0 bridgehead atoms. The normalized spacial score (nSPS) is 13.8. The molecule has 0 spiro atoms. The third kappa shape index (κ3) is 2.97. The molecule has 29 heavy (non-hydrogen) atoms. The number of carbonyl (C=O) groups is 1. The molecule has 0 aliphatic heterocycles. The molecule has 0 saturated heterocycles. The van der Waals surface area contributed by atoms with Gasteiger partial charge in [0.1, 0.15) is 11.4 Å². The first-order valence-electron chi connectivity index (χ1n) is 8.96. The molecule has 0 N–H and O–H groups in total. The Kier molecular flexibility index (Phi) is 3.77. The van der Waals surface area contributed by atoms with Crippen molar-refractivity contribution in [3.63, 3.8) is 0 Å². The number of pyridine rings is 2. The standard InChI is InChI=1S/C21H13F3N4O/c22-21(23,24)18-2-1-3-19(27-18)28-16-10-13(4-5-14(16)11-25-28)15-8-6-12-7-9-17(29)20(12)26-15/h1-6,8,10-11H,7,9H2. The summed E-state index contributed by atoms with van der Waals surface area (Å²) in [6.45, 7) is 0. The van der Waals surface area contributed by atoms with Crippen LogP contribution < -0.4 is 0 Å². The van der Waals surface area contributed by atoms with Crippen LogP contribution in [0.25, 0.3) is 28.0 Å². The van der Waals surface area contributed by atoms with E-state index in [4.69, 9.17) is 0 Å². The number of aromatic nitrogens is 4. The fourth-order valence-electron chi connectivity index (χ4n) is 3.52. The van der Waals surface area contributed by atoms with Crippen LogP contribution in [0.3, 0.4) is 0 Å². The van der Waals surface area contributed by atoms with Crippen LogP contribution in [0.5, 0.6) is 0 Å². The topological polar surface area (TPSA) is 60.7 Å². The Labute approximate surface area is 162 Å². The molecule has 3 heterocycles. The van der Waals surface area contributed by atoms with Crippen LogP contribution in [0.2, 0.25) is 0 Å². The van der Waals surface area contributed by atoms with Crippen LogP contribution in [0.15, 0.2) is 54.7 Å². The fourth-order valence-corrected chi connectivity index (χ4v) is 3.52. The second-order valence-corrected chi connectivity index (χ2v) is 6.84. The van der Waals surface area contributed by atoms with E-state index in [0.29, 0.717) is 29.7 Å². The Hall–Kier alpha value is -3.55. The third-order valence-corrected chi connectivity index (χ3v) is 4.97. The molecule has 1 aromatic carbocycles. The summed E-state index contributed by atoms with van der Waals surface area (Å²) in [5.74, 6) is 0.102. The predicted molar refractivity (Wildman–Crippen MR) is 99.7 cm³/mol. The number of hydrogen-bond donors (Lipinski definition) is 0. The van der Waals surface area contributed by atoms with Gasteiger partial charge in [-0.15, -0.1) is 0 Å². The molecule has 0 saturated carbocycles. The van der Waals surface area contributed by atoms with E-state index in [1.165, 1.54) is 16.8 Å². The van der Waals surface area contributed by atoms with Crippen molar-refractivity contribution in [2.45, 2.75) is 19.0 Å². The van der Waals surface area contributed by atoms with E-state index in [1.54, 1.807) is 12.3 Å².